The summed E-state index contributed by atoms with van der Waals surface area (Å²) in [4.78, 5) is 10.8. The Kier molecular flexibility index (Phi) is 3.77. The summed E-state index contributed by atoms with van der Waals surface area (Å²) in [6.45, 7) is -0.347. The first kappa shape index (κ1) is 12.1. The highest BCUT2D eigenvalue weighted by atomic mass is 19.1. The third-order valence-electron chi connectivity index (χ3n) is 3.38. The predicted molar refractivity (Wildman–Crippen MR) is 63.8 cm³/mol. The van der Waals surface area contributed by atoms with Crippen LogP contribution >= 0.6 is 0 Å². The Bertz CT molecular complexity index is 382. The van der Waals surface area contributed by atoms with E-state index in [-0.39, 0.29) is 19.0 Å². The molecular formula is C14H17FO2. The second-order valence-corrected chi connectivity index (χ2v) is 4.72. The Morgan fingerprint density at radius 3 is 2.47 bits per heavy atom. The number of carbonyl (C=O) groups is 1. The zero-order valence-electron chi connectivity index (χ0n) is 9.73. The normalized spacial score (nSPS) is 16.8. The molecule has 0 radical (unpaired) electrons. The number of halogens is 1. The number of hydrogen-bond donors (Lipinski definition) is 1. The molecule has 0 heterocycles. The van der Waals surface area contributed by atoms with E-state index in [1.165, 1.54) is 0 Å². The molecule has 0 saturated heterocycles. The molecule has 92 valence electrons. The third-order valence-corrected chi connectivity index (χ3v) is 3.38. The maximum atomic E-state index is 12.2. The van der Waals surface area contributed by atoms with E-state index >= 15 is 0 Å². The lowest BCUT2D eigenvalue weighted by atomic mass is 9.90. The second-order valence-electron chi connectivity index (χ2n) is 4.72. The van der Waals surface area contributed by atoms with E-state index in [0.29, 0.717) is 12.3 Å². The summed E-state index contributed by atoms with van der Waals surface area (Å²) in [5.74, 6) is -0.0835. The van der Waals surface area contributed by atoms with Gasteiger partial charge in [0, 0.05) is 6.42 Å². The van der Waals surface area contributed by atoms with Crippen molar-refractivity contribution in [3.63, 3.8) is 0 Å². The minimum atomic E-state index is -0.741. The summed E-state index contributed by atoms with van der Waals surface area (Å²) in [5.41, 5.74) is 2.05. The molecule has 1 fully saturated rings. The Hall–Kier alpha value is -1.38. The SMILES string of the molecule is O=C(O)CC(c1ccc(CCF)cc1)C1CC1. The van der Waals surface area contributed by atoms with E-state index in [0.717, 1.165) is 24.0 Å². The van der Waals surface area contributed by atoms with Crippen molar-refractivity contribution >= 4 is 5.97 Å². The first-order valence-electron chi connectivity index (χ1n) is 6.07. The number of carboxylic acid groups (broad SMARTS) is 1. The molecule has 2 rings (SSSR count). The van der Waals surface area contributed by atoms with Gasteiger partial charge >= 0.3 is 5.97 Å². The van der Waals surface area contributed by atoms with Gasteiger partial charge in [0.05, 0.1) is 13.1 Å². The molecule has 0 spiro atoms. The molecular weight excluding hydrogens is 219 g/mol. The molecule has 0 aromatic heterocycles. The third kappa shape index (κ3) is 3.29. The average molecular weight is 236 g/mol. The predicted octanol–water partition coefficient (Wildman–Crippen LogP) is 3.17. The van der Waals surface area contributed by atoms with Gasteiger partial charge in [-0.15, -0.1) is 0 Å². The van der Waals surface area contributed by atoms with Crippen molar-refractivity contribution in [1.82, 2.24) is 0 Å². The number of alkyl halides is 1. The molecule has 2 nitrogen and oxygen atoms in total. The monoisotopic (exact) mass is 236 g/mol. The van der Waals surface area contributed by atoms with Crippen molar-refractivity contribution in [3.05, 3.63) is 35.4 Å². The van der Waals surface area contributed by atoms with E-state index in [2.05, 4.69) is 0 Å². The lowest BCUT2D eigenvalue weighted by Gasteiger charge is -2.14. The number of benzene rings is 1. The van der Waals surface area contributed by atoms with E-state index in [1.807, 2.05) is 24.3 Å². The van der Waals surface area contributed by atoms with Crippen LogP contribution in [-0.4, -0.2) is 17.8 Å². The van der Waals surface area contributed by atoms with Crippen molar-refractivity contribution in [2.75, 3.05) is 6.67 Å². The number of aryl methyl sites for hydroxylation is 1. The molecule has 1 unspecified atom stereocenters. The van der Waals surface area contributed by atoms with Crippen molar-refractivity contribution in [3.8, 4) is 0 Å². The molecule has 1 atom stereocenters. The van der Waals surface area contributed by atoms with Crippen LogP contribution in [0.2, 0.25) is 0 Å². The van der Waals surface area contributed by atoms with Gasteiger partial charge < -0.3 is 5.11 Å². The zero-order valence-corrected chi connectivity index (χ0v) is 9.73. The summed E-state index contributed by atoms with van der Waals surface area (Å²) in [5, 5.41) is 8.91. The first-order chi connectivity index (χ1) is 8.20. The van der Waals surface area contributed by atoms with Crippen LogP contribution in [0.4, 0.5) is 4.39 Å². The zero-order chi connectivity index (χ0) is 12.3. The smallest absolute Gasteiger partial charge is 0.303 e. The number of hydrogen-bond acceptors (Lipinski definition) is 1. The minimum Gasteiger partial charge on any atom is -0.481 e. The van der Waals surface area contributed by atoms with Crippen molar-refractivity contribution in [2.45, 2.75) is 31.6 Å². The molecule has 1 aliphatic carbocycles. The molecule has 1 N–H and O–H groups in total. The van der Waals surface area contributed by atoms with Gasteiger partial charge in [-0.05, 0) is 35.8 Å². The quantitative estimate of drug-likeness (QED) is 0.823. The van der Waals surface area contributed by atoms with Gasteiger partial charge in [-0.2, -0.15) is 0 Å². The van der Waals surface area contributed by atoms with Crippen LogP contribution in [0, 0.1) is 5.92 Å². The van der Waals surface area contributed by atoms with Gasteiger partial charge in [0.2, 0.25) is 0 Å². The van der Waals surface area contributed by atoms with Crippen LogP contribution in [0.25, 0.3) is 0 Å². The van der Waals surface area contributed by atoms with E-state index in [9.17, 15) is 9.18 Å². The molecule has 1 saturated carbocycles. The fourth-order valence-electron chi connectivity index (χ4n) is 2.28. The van der Waals surface area contributed by atoms with Gasteiger partial charge in [0.15, 0.2) is 0 Å². The van der Waals surface area contributed by atoms with Crippen LogP contribution in [0.5, 0.6) is 0 Å². The van der Waals surface area contributed by atoms with Crippen molar-refractivity contribution in [2.24, 2.45) is 5.92 Å². The number of carboxylic acids is 1. The summed E-state index contributed by atoms with van der Waals surface area (Å²) >= 11 is 0. The highest BCUT2D eigenvalue weighted by Gasteiger charge is 2.33. The lowest BCUT2D eigenvalue weighted by molar-refractivity contribution is -0.137. The highest BCUT2D eigenvalue weighted by Crippen LogP contribution is 2.44. The molecule has 0 aliphatic heterocycles. The second kappa shape index (κ2) is 5.30. The number of aliphatic carboxylic acids is 1. The van der Waals surface area contributed by atoms with Crippen LogP contribution in [0.1, 0.15) is 36.3 Å². The maximum Gasteiger partial charge on any atom is 0.303 e. The molecule has 1 aliphatic rings. The Balaban J connectivity index is 2.09. The average Bonchev–Trinajstić information content (AvgIpc) is 3.11. The van der Waals surface area contributed by atoms with E-state index < -0.39 is 5.97 Å². The van der Waals surface area contributed by atoms with Crippen molar-refractivity contribution in [1.29, 1.82) is 0 Å². The first-order valence-corrected chi connectivity index (χ1v) is 6.07. The van der Waals surface area contributed by atoms with Gasteiger partial charge in [0.25, 0.3) is 0 Å². The molecule has 0 bridgehead atoms. The summed E-state index contributed by atoms with van der Waals surface area (Å²) in [6.07, 6.45) is 2.90. The van der Waals surface area contributed by atoms with Gasteiger partial charge in [-0.25, -0.2) is 0 Å². The summed E-state index contributed by atoms with van der Waals surface area (Å²) in [7, 11) is 0. The van der Waals surface area contributed by atoms with Gasteiger partial charge in [-0.1, -0.05) is 24.3 Å². The molecule has 1 aromatic rings. The largest absolute Gasteiger partial charge is 0.481 e. The van der Waals surface area contributed by atoms with Crippen LogP contribution < -0.4 is 0 Å². The van der Waals surface area contributed by atoms with Crippen molar-refractivity contribution < 1.29 is 14.3 Å². The summed E-state index contributed by atoms with van der Waals surface area (Å²) < 4.78 is 12.2. The topological polar surface area (TPSA) is 37.3 Å². The molecule has 3 heteroatoms. The van der Waals surface area contributed by atoms with E-state index in [4.69, 9.17) is 5.11 Å². The van der Waals surface area contributed by atoms with Crippen LogP contribution in [0.3, 0.4) is 0 Å². The van der Waals surface area contributed by atoms with Gasteiger partial charge in [-0.3, -0.25) is 9.18 Å². The summed E-state index contributed by atoms with van der Waals surface area (Å²) in [6, 6.07) is 7.73. The standard InChI is InChI=1S/C14H17FO2/c15-8-7-10-1-3-11(4-2-10)13(9-14(16)17)12-5-6-12/h1-4,12-13H,5-9H2,(H,16,17). The minimum absolute atomic E-state index is 0.131. The molecule has 17 heavy (non-hydrogen) atoms. The Morgan fingerprint density at radius 1 is 1.35 bits per heavy atom. The highest BCUT2D eigenvalue weighted by molar-refractivity contribution is 5.68. The Morgan fingerprint density at radius 2 is 2.00 bits per heavy atom. The van der Waals surface area contributed by atoms with Gasteiger partial charge in [0.1, 0.15) is 0 Å². The van der Waals surface area contributed by atoms with Crippen LogP contribution in [0.15, 0.2) is 24.3 Å². The molecule has 1 aromatic carbocycles. The van der Waals surface area contributed by atoms with E-state index in [1.54, 1.807) is 0 Å². The fourth-order valence-corrected chi connectivity index (χ4v) is 2.28. The fraction of sp³-hybridized carbons (Fsp3) is 0.500. The Labute approximate surface area is 100 Å². The molecule has 0 amide bonds. The lowest BCUT2D eigenvalue weighted by Crippen LogP contribution is -2.08. The number of rotatable bonds is 6. The van der Waals surface area contributed by atoms with Crippen LogP contribution in [-0.2, 0) is 11.2 Å². The maximum absolute atomic E-state index is 12.2.